The van der Waals surface area contributed by atoms with Crippen molar-refractivity contribution in [2.45, 2.75) is 13.8 Å². The second-order valence-corrected chi connectivity index (χ2v) is 2.49. The number of nitrogens with one attached hydrogen (secondary N) is 1. The predicted molar refractivity (Wildman–Crippen MR) is 38.0 cm³/mol. The Morgan fingerprint density at radius 2 is 2.30 bits per heavy atom. The molecule has 0 aromatic carbocycles. The minimum atomic E-state index is -0.413. The van der Waals surface area contributed by atoms with Crippen molar-refractivity contribution in [1.82, 2.24) is 5.48 Å². The summed E-state index contributed by atoms with van der Waals surface area (Å²) in [5.74, 6) is 0.0455. The topological polar surface area (TPSA) is 64.3 Å². The zero-order valence-electron chi connectivity index (χ0n) is 6.39. The van der Waals surface area contributed by atoms with Gasteiger partial charge in [0.1, 0.15) is 0 Å². The van der Waals surface area contributed by atoms with E-state index in [2.05, 4.69) is 5.48 Å². The number of carbonyl (C=O) groups excluding carboxylic acids is 1. The number of primary amides is 1. The minimum absolute atomic E-state index is 0.0761. The van der Waals surface area contributed by atoms with E-state index < -0.39 is 5.91 Å². The van der Waals surface area contributed by atoms with Gasteiger partial charge in [-0.05, 0) is 5.92 Å². The lowest BCUT2D eigenvalue weighted by Crippen LogP contribution is -2.29. The summed E-state index contributed by atoms with van der Waals surface area (Å²) in [4.78, 5) is 15.0. The number of rotatable bonds is 5. The Hall–Kier alpha value is -0.610. The fourth-order valence-electron chi connectivity index (χ4n) is 0.348. The maximum atomic E-state index is 10.1. The maximum Gasteiger partial charge on any atom is 0.233 e. The van der Waals surface area contributed by atoms with Gasteiger partial charge in [0.15, 0.2) is 0 Å². The summed E-state index contributed by atoms with van der Waals surface area (Å²) in [7, 11) is 0. The van der Waals surface area contributed by atoms with Crippen LogP contribution >= 0.6 is 0 Å². The van der Waals surface area contributed by atoms with Crippen LogP contribution in [0.4, 0.5) is 0 Å². The van der Waals surface area contributed by atoms with E-state index in [4.69, 9.17) is 10.6 Å². The molecule has 4 heteroatoms. The van der Waals surface area contributed by atoms with Crippen LogP contribution in [0.1, 0.15) is 13.8 Å². The molecule has 0 aliphatic heterocycles. The average Bonchev–Trinajstić information content (AvgIpc) is 1.79. The second kappa shape index (κ2) is 5.20. The van der Waals surface area contributed by atoms with Crippen LogP contribution in [-0.2, 0) is 9.63 Å². The summed E-state index contributed by atoms with van der Waals surface area (Å²) >= 11 is 0. The van der Waals surface area contributed by atoms with Crippen molar-refractivity contribution < 1.29 is 9.63 Å². The minimum Gasteiger partial charge on any atom is -0.368 e. The summed E-state index contributed by atoms with van der Waals surface area (Å²) in [6, 6.07) is 0. The van der Waals surface area contributed by atoms with Crippen molar-refractivity contribution >= 4 is 5.91 Å². The molecule has 0 saturated heterocycles. The lowest BCUT2D eigenvalue weighted by Gasteiger charge is -2.05. The standard InChI is InChI=1S/C6H14N2O2/c1-5(2)4-10-8-3-6(7)9/h5,8H,3-4H2,1-2H3,(H2,7,9). The van der Waals surface area contributed by atoms with Crippen LogP contribution < -0.4 is 11.2 Å². The molecular weight excluding hydrogens is 132 g/mol. The quantitative estimate of drug-likeness (QED) is 0.411. The first-order valence-corrected chi connectivity index (χ1v) is 3.26. The van der Waals surface area contributed by atoms with E-state index in [1.54, 1.807) is 0 Å². The third-order valence-electron chi connectivity index (χ3n) is 0.765. The Balaban J connectivity index is 2.98. The first-order valence-electron chi connectivity index (χ1n) is 3.26. The molecule has 0 bridgehead atoms. The molecule has 0 aromatic rings. The number of hydroxylamine groups is 1. The fraction of sp³-hybridized carbons (Fsp3) is 0.833. The van der Waals surface area contributed by atoms with Gasteiger partial charge < -0.3 is 10.6 Å². The van der Waals surface area contributed by atoms with E-state index in [1.165, 1.54) is 0 Å². The van der Waals surface area contributed by atoms with Crippen molar-refractivity contribution in [2.75, 3.05) is 13.2 Å². The van der Waals surface area contributed by atoms with Gasteiger partial charge in [-0.2, -0.15) is 5.48 Å². The molecule has 0 radical (unpaired) electrons. The molecule has 0 saturated carbocycles. The van der Waals surface area contributed by atoms with Crippen LogP contribution in [0.15, 0.2) is 0 Å². The highest BCUT2D eigenvalue weighted by molar-refractivity contribution is 5.75. The molecule has 3 N–H and O–H groups in total. The van der Waals surface area contributed by atoms with Gasteiger partial charge in [-0.15, -0.1) is 0 Å². The highest BCUT2D eigenvalue weighted by atomic mass is 16.6. The van der Waals surface area contributed by atoms with Gasteiger partial charge in [0.2, 0.25) is 5.91 Å². The van der Waals surface area contributed by atoms with E-state index in [0.717, 1.165) is 0 Å². The summed E-state index contributed by atoms with van der Waals surface area (Å²) < 4.78 is 0. The van der Waals surface area contributed by atoms with E-state index in [1.807, 2.05) is 13.8 Å². The molecule has 0 atom stereocenters. The average molecular weight is 146 g/mol. The van der Waals surface area contributed by atoms with Gasteiger partial charge in [0, 0.05) is 0 Å². The van der Waals surface area contributed by atoms with Crippen molar-refractivity contribution in [3.8, 4) is 0 Å². The van der Waals surface area contributed by atoms with Gasteiger partial charge in [-0.3, -0.25) is 4.79 Å². The first kappa shape index (κ1) is 9.39. The smallest absolute Gasteiger partial charge is 0.233 e. The van der Waals surface area contributed by atoms with Crippen molar-refractivity contribution in [3.63, 3.8) is 0 Å². The van der Waals surface area contributed by atoms with Crippen LogP contribution in [-0.4, -0.2) is 19.1 Å². The molecular formula is C6H14N2O2. The van der Waals surface area contributed by atoms with E-state index >= 15 is 0 Å². The molecule has 0 unspecified atom stereocenters. The lowest BCUT2D eigenvalue weighted by atomic mass is 10.2. The lowest BCUT2D eigenvalue weighted by molar-refractivity contribution is -0.120. The summed E-state index contributed by atoms with van der Waals surface area (Å²) in [6.45, 7) is 4.71. The number of hydrogen-bond acceptors (Lipinski definition) is 3. The van der Waals surface area contributed by atoms with Crippen LogP contribution in [0.25, 0.3) is 0 Å². The molecule has 60 valence electrons. The second-order valence-electron chi connectivity index (χ2n) is 2.49. The Bertz CT molecular complexity index is 104. The molecule has 1 amide bonds. The van der Waals surface area contributed by atoms with E-state index in [-0.39, 0.29) is 6.54 Å². The normalized spacial score (nSPS) is 10.3. The third kappa shape index (κ3) is 7.39. The third-order valence-corrected chi connectivity index (χ3v) is 0.765. The SMILES string of the molecule is CC(C)CONCC(N)=O. The molecule has 0 aliphatic carbocycles. The van der Waals surface area contributed by atoms with Gasteiger partial charge in [0.05, 0.1) is 13.2 Å². The molecule has 10 heavy (non-hydrogen) atoms. The molecule has 0 fully saturated rings. The summed E-state index contributed by atoms with van der Waals surface area (Å²) in [5, 5.41) is 0. The highest BCUT2D eigenvalue weighted by Crippen LogP contribution is 1.88. The van der Waals surface area contributed by atoms with Gasteiger partial charge in [0.25, 0.3) is 0 Å². The van der Waals surface area contributed by atoms with Crippen molar-refractivity contribution in [2.24, 2.45) is 11.7 Å². The predicted octanol–water partition coefficient (Wildman–Crippen LogP) is -0.351. The molecule has 0 rings (SSSR count). The Morgan fingerprint density at radius 1 is 1.70 bits per heavy atom. The Morgan fingerprint density at radius 3 is 2.70 bits per heavy atom. The van der Waals surface area contributed by atoms with Gasteiger partial charge >= 0.3 is 0 Å². The first-order chi connectivity index (χ1) is 4.63. The number of amides is 1. The zero-order valence-corrected chi connectivity index (χ0v) is 6.39. The van der Waals surface area contributed by atoms with Crippen LogP contribution in [0.3, 0.4) is 0 Å². The fourth-order valence-corrected chi connectivity index (χ4v) is 0.348. The summed E-state index contributed by atoms with van der Waals surface area (Å²) in [6.07, 6.45) is 0. The van der Waals surface area contributed by atoms with E-state index in [0.29, 0.717) is 12.5 Å². The highest BCUT2D eigenvalue weighted by Gasteiger charge is 1.94. The largest absolute Gasteiger partial charge is 0.368 e. The number of nitrogens with two attached hydrogens (primary N) is 1. The zero-order chi connectivity index (χ0) is 7.98. The molecule has 0 heterocycles. The summed E-state index contributed by atoms with van der Waals surface area (Å²) in [5.41, 5.74) is 7.27. The van der Waals surface area contributed by atoms with Crippen LogP contribution in [0.2, 0.25) is 0 Å². The van der Waals surface area contributed by atoms with Crippen LogP contribution in [0.5, 0.6) is 0 Å². The van der Waals surface area contributed by atoms with Gasteiger partial charge in [-0.1, -0.05) is 13.8 Å². The molecule has 0 spiro atoms. The van der Waals surface area contributed by atoms with Gasteiger partial charge in [-0.25, -0.2) is 0 Å². The Labute approximate surface area is 60.7 Å². The van der Waals surface area contributed by atoms with E-state index in [9.17, 15) is 4.79 Å². The Kier molecular flexibility index (Phi) is 4.88. The van der Waals surface area contributed by atoms with Crippen molar-refractivity contribution in [3.05, 3.63) is 0 Å². The molecule has 4 nitrogen and oxygen atoms in total. The molecule has 0 aliphatic rings. The van der Waals surface area contributed by atoms with Crippen LogP contribution in [0, 0.1) is 5.92 Å². The number of carbonyl (C=O) groups is 1. The maximum absolute atomic E-state index is 10.1. The number of hydrogen-bond donors (Lipinski definition) is 2. The monoisotopic (exact) mass is 146 g/mol. The molecule has 0 aromatic heterocycles. The van der Waals surface area contributed by atoms with Crippen molar-refractivity contribution in [1.29, 1.82) is 0 Å².